The Labute approximate surface area is 100 Å². The highest BCUT2D eigenvalue weighted by molar-refractivity contribution is 4.77. The molecule has 0 radical (unpaired) electrons. The Morgan fingerprint density at radius 2 is 1.94 bits per heavy atom. The van der Waals surface area contributed by atoms with Crippen LogP contribution in [0.5, 0.6) is 0 Å². The van der Waals surface area contributed by atoms with Crippen LogP contribution in [0.2, 0.25) is 0 Å². The molecule has 1 heterocycles. The van der Waals surface area contributed by atoms with Crippen molar-refractivity contribution in [3.8, 4) is 0 Å². The summed E-state index contributed by atoms with van der Waals surface area (Å²) in [6, 6.07) is 0. The second-order valence-electron chi connectivity index (χ2n) is 4.36. The first-order chi connectivity index (χ1) is 8.03. The molecule has 3 nitrogen and oxygen atoms in total. The first kappa shape index (κ1) is 14.7. The van der Waals surface area contributed by atoms with E-state index in [9.17, 15) is 13.2 Å². The van der Waals surface area contributed by atoms with E-state index < -0.39 is 12.7 Å². The van der Waals surface area contributed by atoms with Gasteiger partial charge in [-0.3, -0.25) is 0 Å². The van der Waals surface area contributed by atoms with E-state index in [1.165, 1.54) is 0 Å². The summed E-state index contributed by atoms with van der Waals surface area (Å²) in [6.45, 7) is 3.70. The predicted molar refractivity (Wildman–Crippen MR) is 59.9 cm³/mol. The molecular weight excluding hydrogens is 233 g/mol. The van der Waals surface area contributed by atoms with Crippen LogP contribution in [-0.4, -0.2) is 45.1 Å². The number of ether oxygens (including phenoxy) is 1. The number of nitrogens with one attached hydrogen (secondary N) is 2. The van der Waals surface area contributed by atoms with Gasteiger partial charge < -0.3 is 15.4 Å². The average Bonchev–Trinajstić information content (AvgIpc) is 2.69. The van der Waals surface area contributed by atoms with Gasteiger partial charge in [0.15, 0.2) is 0 Å². The summed E-state index contributed by atoms with van der Waals surface area (Å²) in [5.74, 6) is 0.502. The molecule has 0 amide bonds. The van der Waals surface area contributed by atoms with Gasteiger partial charge in [0.05, 0.1) is 12.6 Å². The zero-order valence-corrected chi connectivity index (χ0v) is 10.1. The van der Waals surface area contributed by atoms with E-state index >= 15 is 0 Å². The maximum absolute atomic E-state index is 11.8. The fourth-order valence-electron chi connectivity index (χ4n) is 2.07. The first-order valence-corrected chi connectivity index (χ1v) is 6.12. The number of alkyl halides is 3. The number of rotatable bonds is 7. The second kappa shape index (κ2) is 7.18. The summed E-state index contributed by atoms with van der Waals surface area (Å²) in [4.78, 5) is 0. The fraction of sp³-hybridized carbons (Fsp3) is 1.00. The lowest BCUT2D eigenvalue weighted by Crippen LogP contribution is -2.36. The molecule has 1 aliphatic heterocycles. The van der Waals surface area contributed by atoms with E-state index in [0.717, 1.165) is 26.0 Å². The predicted octanol–water partition coefficient (Wildman–Crippen LogP) is 1.54. The molecule has 2 atom stereocenters. The summed E-state index contributed by atoms with van der Waals surface area (Å²) >= 11 is 0. The number of halogens is 3. The molecule has 0 bridgehead atoms. The maximum Gasteiger partial charge on any atom is 0.401 e. The smallest absolute Gasteiger partial charge is 0.378 e. The van der Waals surface area contributed by atoms with Crippen LogP contribution in [0.1, 0.15) is 19.8 Å². The first-order valence-electron chi connectivity index (χ1n) is 6.12. The zero-order valence-electron chi connectivity index (χ0n) is 10.1. The molecule has 2 N–H and O–H groups in total. The highest BCUT2D eigenvalue weighted by Gasteiger charge is 2.27. The molecule has 102 valence electrons. The molecule has 1 rings (SSSR count). The summed E-state index contributed by atoms with van der Waals surface area (Å²) in [5.41, 5.74) is 0. The van der Waals surface area contributed by atoms with E-state index in [0.29, 0.717) is 25.1 Å². The quantitative estimate of drug-likeness (QED) is 0.676. The number of hydrogen-bond donors (Lipinski definition) is 2. The van der Waals surface area contributed by atoms with E-state index in [4.69, 9.17) is 4.74 Å². The summed E-state index contributed by atoms with van der Waals surface area (Å²) in [7, 11) is 0. The molecule has 17 heavy (non-hydrogen) atoms. The van der Waals surface area contributed by atoms with E-state index in [-0.39, 0.29) is 0 Å². The van der Waals surface area contributed by atoms with Crippen LogP contribution in [-0.2, 0) is 4.74 Å². The van der Waals surface area contributed by atoms with E-state index in [1.54, 1.807) is 0 Å². The average molecular weight is 254 g/mol. The van der Waals surface area contributed by atoms with Crippen molar-refractivity contribution < 1.29 is 17.9 Å². The molecule has 1 aliphatic rings. The Morgan fingerprint density at radius 3 is 2.59 bits per heavy atom. The molecule has 0 aliphatic carbocycles. The lowest BCUT2D eigenvalue weighted by atomic mass is 10.00. The Bertz CT molecular complexity index is 211. The Morgan fingerprint density at radius 1 is 1.24 bits per heavy atom. The summed E-state index contributed by atoms with van der Waals surface area (Å²) in [5, 5.41) is 5.53. The SMILES string of the molecule is CCC1OCCC1CNCCNCC(F)(F)F. The van der Waals surface area contributed by atoms with E-state index in [2.05, 4.69) is 17.6 Å². The van der Waals surface area contributed by atoms with Gasteiger partial charge in [0.2, 0.25) is 0 Å². The van der Waals surface area contributed by atoms with Crippen LogP contribution in [0.4, 0.5) is 13.2 Å². The standard InChI is InChI=1S/C11H21F3N2O/c1-2-10-9(3-6-17-10)7-15-4-5-16-8-11(12,13)14/h9-10,15-16H,2-8H2,1H3. The van der Waals surface area contributed by atoms with Crippen LogP contribution in [0.15, 0.2) is 0 Å². The van der Waals surface area contributed by atoms with Gasteiger partial charge in [0.25, 0.3) is 0 Å². The molecule has 0 aromatic heterocycles. The monoisotopic (exact) mass is 254 g/mol. The van der Waals surface area contributed by atoms with Crippen molar-refractivity contribution in [1.82, 2.24) is 10.6 Å². The van der Waals surface area contributed by atoms with E-state index in [1.807, 2.05) is 0 Å². The van der Waals surface area contributed by atoms with Crippen molar-refractivity contribution in [3.05, 3.63) is 0 Å². The van der Waals surface area contributed by atoms with Gasteiger partial charge in [-0.15, -0.1) is 0 Å². The molecule has 0 aromatic rings. The topological polar surface area (TPSA) is 33.3 Å². The minimum Gasteiger partial charge on any atom is -0.378 e. The lowest BCUT2D eigenvalue weighted by molar-refractivity contribution is -0.124. The van der Waals surface area contributed by atoms with Gasteiger partial charge in [0, 0.05) is 26.2 Å². The van der Waals surface area contributed by atoms with Gasteiger partial charge in [-0.1, -0.05) is 6.92 Å². The second-order valence-corrected chi connectivity index (χ2v) is 4.36. The van der Waals surface area contributed by atoms with Gasteiger partial charge in [-0.2, -0.15) is 13.2 Å². The molecule has 0 spiro atoms. The third kappa shape index (κ3) is 6.24. The minimum atomic E-state index is -4.12. The summed E-state index contributed by atoms with van der Waals surface area (Å²) < 4.78 is 41.0. The Kier molecular flexibility index (Phi) is 6.22. The molecule has 1 fully saturated rings. The largest absolute Gasteiger partial charge is 0.401 e. The molecule has 0 saturated carbocycles. The summed E-state index contributed by atoms with van der Waals surface area (Å²) in [6.07, 6.45) is -1.77. The Balaban J connectivity index is 1.97. The fourth-order valence-corrected chi connectivity index (χ4v) is 2.07. The third-order valence-electron chi connectivity index (χ3n) is 2.96. The molecular formula is C11H21F3N2O. The van der Waals surface area contributed by atoms with Gasteiger partial charge >= 0.3 is 6.18 Å². The highest BCUT2D eigenvalue weighted by Crippen LogP contribution is 2.22. The van der Waals surface area contributed by atoms with Crippen molar-refractivity contribution in [2.24, 2.45) is 5.92 Å². The molecule has 2 unspecified atom stereocenters. The Hall–Kier alpha value is -0.330. The van der Waals surface area contributed by atoms with Crippen LogP contribution >= 0.6 is 0 Å². The van der Waals surface area contributed by atoms with Gasteiger partial charge in [-0.25, -0.2) is 0 Å². The van der Waals surface area contributed by atoms with Crippen molar-refractivity contribution in [2.45, 2.75) is 32.0 Å². The van der Waals surface area contributed by atoms with Crippen LogP contribution in [0.25, 0.3) is 0 Å². The molecule has 6 heteroatoms. The highest BCUT2D eigenvalue weighted by atomic mass is 19.4. The lowest BCUT2D eigenvalue weighted by Gasteiger charge is -2.17. The van der Waals surface area contributed by atoms with Crippen molar-refractivity contribution in [2.75, 3.05) is 32.8 Å². The molecule has 0 aromatic carbocycles. The van der Waals surface area contributed by atoms with Crippen molar-refractivity contribution in [3.63, 3.8) is 0 Å². The van der Waals surface area contributed by atoms with Crippen LogP contribution in [0.3, 0.4) is 0 Å². The molecule has 1 saturated heterocycles. The van der Waals surface area contributed by atoms with Crippen LogP contribution < -0.4 is 10.6 Å². The van der Waals surface area contributed by atoms with Gasteiger partial charge in [-0.05, 0) is 18.8 Å². The number of hydrogen-bond acceptors (Lipinski definition) is 3. The van der Waals surface area contributed by atoms with Gasteiger partial charge in [0.1, 0.15) is 0 Å². The minimum absolute atomic E-state index is 0.311. The van der Waals surface area contributed by atoms with Crippen LogP contribution in [0, 0.1) is 5.92 Å². The van der Waals surface area contributed by atoms with Crippen molar-refractivity contribution in [1.29, 1.82) is 0 Å². The normalized spacial score (nSPS) is 25.4. The maximum atomic E-state index is 11.8. The zero-order chi connectivity index (χ0) is 12.7. The third-order valence-corrected chi connectivity index (χ3v) is 2.96. The van der Waals surface area contributed by atoms with Crippen molar-refractivity contribution >= 4 is 0 Å².